The molecule has 3 heteroatoms. The number of fused-ring (bicyclic) bond motifs is 8. The van der Waals surface area contributed by atoms with E-state index in [4.69, 9.17) is 0 Å². The van der Waals surface area contributed by atoms with Crippen molar-refractivity contribution in [2.24, 2.45) is 0 Å². The second-order valence-electron chi connectivity index (χ2n) is 13.3. The van der Waals surface area contributed by atoms with E-state index in [9.17, 15) is 0 Å². The standard InChI is InChI=1S/C49H34N2S/c1-52-49-40(33-13-4-2-5-14-33)20-12-22-48(49)50(37-26-23-35-25-28-41-39-18-9-8-15-34(39)24-29-42(41)44(35)31-37)38-27-30-47-45(32-38)43-19-10-11-21-46(43)51(47)36-16-6-3-7-17-36/h2-32H,1H3. The maximum atomic E-state index is 2.46. The first-order valence-electron chi connectivity index (χ1n) is 17.7. The van der Waals surface area contributed by atoms with Crippen molar-refractivity contribution in [3.63, 3.8) is 0 Å². The molecule has 1 aromatic heterocycles. The summed E-state index contributed by atoms with van der Waals surface area (Å²) < 4.78 is 2.38. The minimum Gasteiger partial charge on any atom is -0.309 e. The van der Waals surface area contributed by atoms with Crippen molar-refractivity contribution in [1.29, 1.82) is 0 Å². The van der Waals surface area contributed by atoms with E-state index >= 15 is 0 Å². The van der Waals surface area contributed by atoms with Crippen LogP contribution in [0.25, 0.3) is 70.9 Å². The molecule has 10 aromatic rings. The van der Waals surface area contributed by atoms with E-state index in [2.05, 4.69) is 204 Å². The summed E-state index contributed by atoms with van der Waals surface area (Å²) in [5.74, 6) is 0. The maximum Gasteiger partial charge on any atom is 0.0603 e. The van der Waals surface area contributed by atoms with E-state index in [-0.39, 0.29) is 0 Å². The molecule has 0 radical (unpaired) electrons. The molecule has 0 aliphatic heterocycles. The molecule has 0 atom stereocenters. The lowest BCUT2D eigenvalue weighted by Crippen LogP contribution is -2.11. The number of hydrogen-bond donors (Lipinski definition) is 0. The highest BCUT2D eigenvalue weighted by molar-refractivity contribution is 7.98. The molecule has 0 unspecified atom stereocenters. The van der Waals surface area contributed by atoms with Gasteiger partial charge in [-0.25, -0.2) is 0 Å². The number of aromatic nitrogens is 1. The van der Waals surface area contributed by atoms with Crippen molar-refractivity contribution < 1.29 is 0 Å². The Kier molecular flexibility index (Phi) is 7.33. The Labute approximate surface area is 307 Å². The number of benzene rings is 9. The summed E-state index contributed by atoms with van der Waals surface area (Å²) in [4.78, 5) is 3.70. The van der Waals surface area contributed by atoms with Gasteiger partial charge in [0.15, 0.2) is 0 Å². The van der Waals surface area contributed by atoms with E-state index in [1.807, 2.05) is 0 Å². The predicted molar refractivity (Wildman–Crippen MR) is 225 cm³/mol. The number of nitrogens with zero attached hydrogens (tertiary/aromatic N) is 2. The molecule has 0 saturated carbocycles. The number of para-hydroxylation sites is 2. The van der Waals surface area contributed by atoms with Gasteiger partial charge in [-0.15, -0.1) is 11.8 Å². The molecule has 0 N–H and O–H groups in total. The molecule has 1 heterocycles. The molecule has 52 heavy (non-hydrogen) atoms. The minimum atomic E-state index is 1.12. The van der Waals surface area contributed by atoms with E-state index in [0.29, 0.717) is 0 Å². The van der Waals surface area contributed by atoms with Crippen LogP contribution in [0.4, 0.5) is 17.1 Å². The van der Waals surface area contributed by atoms with Gasteiger partial charge < -0.3 is 9.47 Å². The average molecular weight is 683 g/mol. The number of anilines is 3. The van der Waals surface area contributed by atoms with Crippen LogP contribution in [0.2, 0.25) is 0 Å². The largest absolute Gasteiger partial charge is 0.309 e. The summed E-state index contributed by atoms with van der Waals surface area (Å²) >= 11 is 1.80. The molecule has 10 rings (SSSR count). The predicted octanol–water partition coefficient (Wildman–Crippen LogP) is 14.1. The molecule has 0 amide bonds. The fourth-order valence-corrected chi connectivity index (χ4v) is 8.86. The highest BCUT2D eigenvalue weighted by Gasteiger charge is 2.22. The summed E-state index contributed by atoms with van der Waals surface area (Å²) in [5.41, 5.74) is 9.40. The Morgan fingerprint density at radius 3 is 1.81 bits per heavy atom. The SMILES string of the molecule is CSc1c(-c2ccccc2)cccc1N(c1ccc2ccc3c4ccccc4ccc3c2c1)c1ccc2c(c1)c1ccccc1n2-c1ccccc1. The van der Waals surface area contributed by atoms with Crippen molar-refractivity contribution >= 4 is 82.9 Å². The zero-order valence-electron chi connectivity index (χ0n) is 28.7. The van der Waals surface area contributed by atoms with Crippen LogP contribution in [-0.4, -0.2) is 10.8 Å². The number of thioether (sulfide) groups is 1. The first-order valence-corrected chi connectivity index (χ1v) is 18.9. The van der Waals surface area contributed by atoms with Crippen molar-refractivity contribution in [3.8, 4) is 16.8 Å². The van der Waals surface area contributed by atoms with Crippen molar-refractivity contribution in [2.45, 2.75) is 4.90 Å². The van der Waals surface area contributed by atoms with Crippen LogP contribution < -0.4 is 4.90 Å². The third-order valence-corrected chi connectivity index (χ3v) is 11.3. The Morgan fingerprint density at radius 1 is 0.423 bits per heavy atom. The van der Waals surface area contributed by atoms with Crippen molar-refractivity contribution in [3.05, 3.63) is 188 Å². The molecule has 0 bridgehead atoms. The van der Waals surface area contributed by atoms with Crippen LogP contribution in [0.5, 0.6) is 0 Å². The monoisotopic (exact) mass is 682 g/mol. The fourth-order valence-electron chi connectivity index (χ4n) is 8.09. The normalized spacial score (nSPS) is 11.6. The first-order chi connectivity index (χ1) is 25.8. The van der Waals surface area contributed by atoms with E-state index in [1.54, 1.807) is 11.8 Å². The Morgan fingerprint density at radius 2 is 1.02 bits per heavy atom. The highest BCUT2D eigenvalue weighted by atomic mass is 32.2. The van der Waals surface area contributed by atoms with Crippen molar-refractivity contribution in [2.75, 3.05) is 11.2 Å². The second-order valence-corrected chi connectivity index (χ2v) is 14.1. The summed E-state index contributed by atoms with van der Waals surface area (Å²) in [5, 5.41) is 10.0. The van der Waals surface area contributed by atoms with Gasteiger partial charge in [0.1, 0.15) is 0 Å². The first kappa shape index (κ1) is 30.5. The lowest BCUT2D eigenvalue weighted by atomic mass is 9.96. The Bertz CT molecular complexity index is 2950. The molecule has 0 aliphatic rings. The van der Waals surface area contributed by atoms with Crippen molar-refractivity contribution in [1.82, 2.24) is 4.57 Å². The molecule has 9 aromatic carbocycles. The summed E-state index contributed by atoms with van der Waals surface area (Å²) in [6, 6.07) is 68.6. The van der Waals surface area contributed by atoms with Crippen LogP contribution in [0.1, 0.15) is 0 Å². The third-order valence-electron chi connectivity index (χ3n) is 10.4. The molecule has 0 saturated heterocycles. The highest BCUT2D eigenvalue weighted by Crippen LogP contribution is 2.46. The minimum absolute atomic E-state index is 1.12. The van der Waals surface area contributed by atoms with Crippen LogP contribution in [0.15, 0.2) is 193 Å². The van der Waals surface area contributed by atoms with Gasteiger partial charge in [-0.3, -0.25) is 0 Å². The molecule has 2 nitrogen and oxygen atoms in total. The van der Waals surface area contributed by atoms with Crippen LogP contribution in [0, 0.1) is 0 Å². The molecule has 246 valence electrons. The molecule has 0 spiro atoms. The third kappa shape index (κ3) is 4.89. The number of rotatable bonds is 6. The molecular weight excluding hydrogens is 649 g/mol. The van der Waals surface area contributed by atoms with Gasteiger partial charge in [0, 0.05) is 32.7 Å². The summed E-state index contributed by atoms with van der Waals surface area (Å²) in [7, 11) is 0. The van der Waals surface area contributed by atoms with E-state index in [0.717, 1.165) is 22.7 Å². The van der Waals surface area contributed by atoms with Crippen LogP contribution >= 0.6 is 11.8 Å². The lowest BCUT2D eigenvalue weighted by molar-refractivity contribution is 1.18. The maximum absolute atomic E-state index is 2.46. The smallest absolute Gasteiger partial charge is 0.0603 e. The second kappa shape index (κ2) is 12.5. The zero-order chi connectivity index (χ0) is 34.6. The Hall–Kier alpha value is -6.29. The molecule has 0 fully saturated rings. The van der Waals surface area contributed by atoms with E-state index < -0.39 is 0 Å². The average Bonchev–Trinajstić information content (AvgIpc) is 3.55. The summed E-state index contributed by atoms with van der Waals surface area (Å²) in [6.45, 7) is 0. The van der Waals surface area contributed by atoms with Gasteiger partial charge in [-0.2, -0.15) is 0 Å². The van der Waals surface area contributed by atoms with Gasteiger partial charge in [-0.1, -0.05) is 133 Å². The van der Waals surface area contributed by atoms with Crippen LogP contribution in [0.3, 0.4) is 0 Å². The van der Waals surface area contributed by atoms with Gasteiger partial charge in [-0.05, 0) is 104 Å². The quantitative estimate of drug-likeness (QED) is 0.127. The Balaban J connectivity index is 1.26. The van der Waals surface area contributed by atoms with Gasteiger partial charge in [0.2, 0.25) is 0 Å². The fraction of sp³-hybridized carbons (Fsp3) is 0.0204. The summed E-state index contributed by atoms with van der Waals surface area (Å²) in [6.07, 6.45) is 2.19. The van der Waals surface area contributed by atoms with Gasteiger partial charge in [0.25, 0.3) is 0 Å². The molecular formula is C49H34N2S. The number of hydrogen-bond acceptors (Lipinski definition) is 2. The zero-order valence-corrected chi connectivity index (χ0v) is 29.5. The van der Waals surface area contributed by atoms with Gasteiger partial charge >= 0.3 is 0 Å². The van der Waals surface area contributed by atoms with Crippen LogP contribution in [-0.2, 0) is 0 Å². The topological polar surface area (TPSA) is 8.17 Å². The van der Waals surface area contributed by atoms with E-state index in [1.165, 1.54) is 70.1 Å². The lowest BCUT2D eigenvalue weighted by Gasteiger charge is -2.29. The molecule has 0 aliphatic carbocycles. The van der Waals surface area contributed by atoms with Gasteiger partial charge in [0.05, 0.1) is 16.7 Å².